The van der Waals surface area contributed by atoms with E-state index in [4.69, 9.17) is 0 Å². The summed E-state index contributed by atoms with van der Waals surface area (Å²) in [5, 5.41) is 3.24. The molecule has 144 valence electrons. The van der Waals surface area contributed by atoms with Crippen LogP contribution in [0.1, 0.15) is 54.9 Å². The van der Waals surface area contributed by atoms with E-state index in [2.05, 4.69) is 80.4 Å². The number of carbonyl (C=O) groups is 1. The third kappa shape index (κ3) is 4.98. The van der Waals surface area contributed by atoms with Gasteiger partial charge in [0.15, 0.2) is 0 Å². The van der Waals surface area contributed by atoms with E-state index >= 15 is 0 Å². The fourth-order valence-corrected chi connectivity index (χ4v) is 3.87. The fourth-order valence-electron chi connectivity index (χ4n) is 3.87. The summed E-state index contributed by atoms with van der Waals surface area (Å²) in [5.41, 5.74) is 6.03. The minimum Gasteiger partial charge on any atom is -0.325 e. The molecule has 0 spiro atoms. The highest BCUT2D eigenvalue weighted by atomic mass is 16.1. The van der Waals surface area contributed by atoms with Crippen molar-refractivity contribution < 1.29 is 4.79 Å². The van der Waals surface area contributed by atoms with Crippen LogP contribution in [0.2, 0.25) is 0 Å². The van der Waals surface area contributed by atoms with Crippen LogP contribution in [0.15, 0.2) is 42.5 Å². The lowest BCUT2D eigenvalue weighted by molar-refractivity contribution is -0.121. The summed E-state index contributed by atoms with van der Waals surface area (Å²) < 4.78 is 0. The minimum atomic E-state index is 0.110. The van der Waals surface area contributed by atoms with Gasteiger partial charge in [-0.05, 0) is 62.4 Å². The van der Waals surface area contributed by atoms with Crippen molar-refractivity contribution in [1.82, 2.24) is 4.90 Å². The number of hydrogen-bond donors (Lipinski definition) is 1. The van der Waals surface area contributed by atoms with Gasteiger partial charge in [-0.1, -0.05) is 61.9 Å². The van der Waals surface area contributed by atoms with Gasteiger partial charge in [-0.25, -0.2) is 0 Å². The molecule has 0 saturated carbocycles. The Kier molecular flexibility index (Phi) is 6.33. The second-order valence-electron chi connectivity index (χ2n) is 8.22. The molecule has 0 aliphatic carbocycles. The molecule has 3 rings (SSSR count). The zero-order chi connectivity index (χ0) is 19.4. The average molecular weight is 365 g/mol. The number of anilines is 1. The SMILES string of the molecule is Cc1ccc(CN2CCC(C(=O)Nc3c(C)cccc3C(C)C)CC2)cc1. The fraction of sp³-hybridized carbons (Fsp3) is 0.458. The van der Waals surface area contributed by atoms with Crippen LogP contribution in [0.4, 0.5) is 5.69 Å². The van der Waals surface area contributed by atoms with Crippen LogP contribution in [0, 0.1) is 19.8 Å². The third-order valence-electron chi connectivity index (χ3n) is 5.66. The molecule has 2 aromatic rings. The van der Waals surface area contributed by atoms with E-state index in [0.29, 0.717) is 5.92 Å². The van der Waals surface area contributed by atoms with Gasteiger partial charge in [0.2, 0.25) is 5.91 Å². The zero-order valence-corrected chi connectivity index (χ0v) is 17.1. The molecule has 3 heteroatoms. The van der Waals surface area contributed by atoms with E-state index in [0.717, 1.165) is 43.7 Å². The molecule has 0 bridgehead atoms. The first-order valence-electron chi connectivity index (χ1n) is 10.1. The van der Waals surface area contributed by atoms with Gasteiger partial charge in [-0.3, -0.25) is 9.69 Å². The molecule has 27 heavy (non-hydrogen) atoms. The van der Waals surface area contributed by atoms with E-state index in [1.54, 1.807) is 0 Å². The maximum Gasteiger partial charge on any atom is 0.227 e. The Morgan fingerprint density at radius 1 is 1.07 bits per heavy atom. The van der Waals surface area contributed by atoms with Crippen molar-refractivity contribution >= 4 is 11.6 Å². The number of para-hydroxylation sites is 1. The zero-order valence-electron chi connectivity index (χ0n) is 17.1. The number of rotatable bonds is 5. The van der Waals surface area contributed by atoms with Crippen LogP contribution in [-0.4, -0.2) is 23.9 Å². The van der Waals surface area contributed by atoms with E-state index in [1.165, 1.54) is 16.7 Å². The van der Waals surface area contributed by atoms with Crippen LogP contribution >= 0.6 is 0 Å². The van der Waals surface area contributed by atoms with Gasteiger partial charge in [0.1, 0.15) is 0 Å². The lowest BCUT2D eigenvalue weighted by Crippen LogP contribution is -2.38. The molecule has 0 atom stereocenters. The number of nitrogens with zero attached hydrogens (tertiary/aromatic N) is 1. The lowest BCUT2D eigenvalue weighted by Gasteiger charge is -2.31. The first-order valence-corrected chi connectivity index (χ1v) is 10.1. The summed E-state index contributed by atoms with van der Waals surface area (Å²) in [6, 6.07) is 15.0. The van der Waals surface area contributed by atoms with Gasteiger partial charge in [0, 0.05) is 18.2 Å². The molecular formula is C24H32N2O. The second kappa shape index (κ2) is 8.71. The Bertz CT molecular complexity index is 771. The van der Waals surface area contributed by atoms with Crippen molar-refractivity contribution in [2.75, 3.05) is 18.4 Å². The highest BCUT2D eigenvalue weighted by Crippen LogP contribution is 2.29. The molecule has 0 unspecified atom stereocenters. The number of hydrogen-bond acceptors (Lipinski definition) is 2. The van der Waals surface area contributed by atoms with Gasteiger partial charge in [0.05, 0.1) is 0 Å². The summed E-state index contributed by atoms with van der Waals surface area (Å²) in [4.78, 5) is 15.3. The Labute approximate surface area is 163 Å². The summed E-state index contributed by atoms with van der Waals surface area (Å²) in [5.74, 6) is 0.691. The first kappa shape index (κ1) is 19.6. The molecular weight excluding hydrogens is 332 g/mol. The van der Waals surface area contributed by atoms with Crippen LogP contribution in [0.25, 0.3) is 0 Å². The first-order chi connectivity index (χ1) is 12.9. The maximum atomic E-state index is 12.9. The number of piperidine rings is 1. The molecule has 1 amide bonds. The lowest BCUT2D eigenvalue weighted by atomic mass is 9.94. The third-order valence-corrected chi connectivity index (χ3v) is 5.66. The van der Waals surface area contributed by atoms with Gasteiger partial charge in [0.25, 0.3) is 0 Å². The predicted octanol–water partition coefficient (Wildman–Crippen LogP) is 5.28. The second-order valence-corrected chi connectivity index (χ2v) is 8.22. The van der Waals surface area contributed by atoms with Gasteiger partial charge in [-0.2, -0.15) is 0 Å². The van der Waals surface area contributed by atoms with E-state index in [9.17, 15) is 4.79 Å². The topological polar surface area (TPSA) is 32.3 Å². The molecule has 1 N–H and O–H groups in total. The van der Waals surface area contributed by atoms with Crippen LogP contribution < -0.4 is 5.32 Å². The minimum absolute atomic E-state index is 0.110. The van der Waals surface area contributed by atoms with E-state index in [-0.39, 0.29) is 11.8 Å². The molecule has 1 saturated heterocycles. The quantitative estimate of drug-likeness (QED) is 0.783. The largest absolute Gasteiger partial charge is 0.325 e. The van der Waals surface area contributed by atoms with Gasteiger partial charge in [-0.15, -0.1) is 0 Å². The van der Waals surface area contributed by atoms with Crippen molar-refractivity contribution in [3.63, 3.8) is 0 Å². The number of likely N-dealkylation sites (tertiary alicyclic amines) is 1. The number of amides is 1. The Balaban J connectivity index is 1.57. The van der Waals surface area contributed by atoms with Crippen molar-refractivity contribution in [3.8, 4) is 0 Å². The molecule has 0 radical (unpaired) electrons. The number of nitrogens with one attached hydrogen (secondary N) is 1. The maximum absolute atomic E-state index is 12.9. The smallest absolute Gasteiger partial charge is 0.227 e. The molecule has 1 heterocycles. The van der Waals surface area contributed by atoms with E-state index < -0.39 is 0 Å². The molecule has 1 aliphatic heterocycles. The van der Waals surface area contributed by atoms with Crippen molar-refractivity contribution in [3.05, 3.63) is 64.7 Å². The normalized spacial score (nSPS) is 15.9. The average Bonchev–Trinajstić information content (AvgIpc) is 2.65. The van der Waals surface area contributed by atoms with Crippen molar-refractivity contribution in [1.29, 1.82) is 0 Å². The Morgan fingerprint density at radius 3 is 2.37 bits per heavy atom. The van der Waals surface area contributed by atoms with Gasteiger partial charge >= 0.3 is 0 Å². The Hall–Kier alpha value is -2.13. The van der Waals surface area contributed by atoms with Crippen LogP contribution in [-0.2, 0) is 11.3 Å². The standard InChI is InChI=1S/C24H32N2O/c1-17(2)22-7-5-6-19(4)23(22)25-24(27)21-12-14-26(15-13-21)16-20-10-8-18(3)9-11-20/h5-11,17,21H,12-16H2,1-4H3,(H,25,27). The van der Waals surface area contributed by atoms with Crippen LogP contribution in [0.3, 0.4) is 0 Å². The summed E-state index contributed by atoms with van der Waals surface area (Å²) in [7, 11) is 0. The van der Waals surface area contributed by atoms with Crippen molar-refractivity contribution in [2.24, 2.45) is 5.92 Å². The van der Waals surface area contributed by atoms with Crippen molar-refractivity contribution in [2.45, 2.75) is 53.0 Å². The summed E-state index contributed by atoms with van der Waals surface area (Å²) in [6.07, 6.45) is 1.86. The number of aryl methyl sites for hydroxylation is 2. The molecule has 1 aliphatic rings. The molecule has 1 fully saturated rings. The highest BCUT2D eigenvalue weighted by Gasteiger charge is 2.26. The number of carbonyl (C=O) groups excluding carboxylic acids is 1. The predicted molar refractivity (Wildman–Crippen MR) is 113 cm³/mol. The molecule has 3 nitrogen and oxygen atoms in total. The van der Waals surface area contributed by atoms with Crippen LogP contribution in [0.5, 0.6) is 0 Å². The molecule has 0 aromatic heterocycles. The summed E-state index contributed by atoms with van der Waals surface area (Å²) in [6.45, 7) is 11.5. The monoisotopic (exact) mass is 364 g/mol. The highest BCUT2D eigenvalue weighted by molar-refractivity contribution is 5.94. The Morgan fingerprint density at radius 2 is 1.74 bits per heavy atom. The summed E-state index contributed by atoms with van der Waals surface area (Å²) >= 11 is 0. The number of benzene rings is 2. The van der Waals surface area contributed by atoms with Gasteiger partial charge < -0.3 is 5.32 Å². The van der Waals surface area contributed by atoms with E-state index in [1.807, 2.05) is 0 Å². The molecule has 2 aromatic carbocycles.